The summed E-state index contributed by atoms with van der Waals surface area (Å²) < 4.78 is 13.9. The Bertz CT molecular complexity index is 894. The fraction of sp³-hybridized carbons (Fsp3) is 0.353. The van der Waals surface area contributed by atoms with Gasteiger partial charge in [-0.05, 0) is 43.3 Å². The first-order valence-electron chi connectivity index (χ1n) is 7.96. The number of aryl methyl sites for hydroxylation is 2. The second kappa shape index (κ2) is 5.98. The second-order valence-corrected chi connectivity index (χ2v) is 6.96. The van der Waals surface area contributed by atoms with E-state index in [0.29, 0.717) is 12.4 Å². The van der Waals surface area contributed by atoms with Crippen LogP contribution < -0.4 is 10.2 Å². The van der Waals surface area contributed by atoms with Crippen LogP contribution in [0.1, 0.15) is 17.8 Å². The lowest BCUT2D eigenvalue weighted by atomic mass is 10.2. The Hall–Kier alpha value is -2.28. The van der Waals surface area contributed by atoms with Gasteiger partial charge < -0.3 is 10.2 Å². The number of hydrogen-bond acceptors (Lipinski definition) is 6. The van der Waals surface area contributed by atoms with E-state index < -0.39 is 0 Å². The number of nitrogens with zero attached hydrogens (tertiary/aromatic N) is 4. The van der Waals surface area contributed by atoms with Gasteiger partial charge in [0.2, 0.25) is 0 Å². The van der Waals surface area contributed by atoms with E-state index in [-0.39, 0.29) is 11.9 Å². The van der Waals surface area contributed by atoms with Crippen molar-refractivity contribution >= 4 is 33.2 Å². The van der Waals surface area contributed by atoms with Gasteiger partial charge in [0.15, 0.2) is 11.6 Å². The van der Waals surface area contributed by atoms with Gasteiger partial charge in [-0.25, -0.2) is 19.3 Å². The van der Waals surface area contributed by atoms with Crippen LogP contribution in [0.2, 0.25) is 0 Å². The molecule has 3 aromatic heterocycles. The van der Waals surface area contributed by atoms with E-state index in [0.717, 1.165) is 34.8 Å². The fourth-order valence-electron chi connectivity index (χ4n) is 3.17. The van der Waals surface area contributed by atoms with Crippen LogP contribution in [0.5, 0.6) is 0 Å². The monoisotopic (exact) mass is 343 g/mol. The van der Waals surface area contributed by atoms with E-state index >= 15 is 0 Å². The number of rotatable bonds is 3. The molecule has 1 atom stereocenters. The third kappa shape index (κ3) is 2.69. The molecule has 1 unspecified atom stereocenters. The molecule has 1 fully saturated rings. The molecule has 24 heavy (non-hydrogen) atoms. The highest BCUT2D eigenvalue weighted by Gasteiger charge is 2.26. The molecule has 0 bridgehead atoms. The summed E-state index contributed by atoms with van der Waals surface area (Å²) in [6.07, 6.45) is 2.55. The fourth-order valence-corrected chi connectivity index (χ4v) is 4.14. The molecule has 4 heterocycles. The van der Waals surface area contributed by atoms with Gasteiger partial charge in [-0.1, -0.05) is 0 Å². The summed E-state index contributed by atoms with van der Waals surface area (Å²) in [6.45, 7) is 5.47. The molecule has 4 rings (SSSR count). The van der Waals surface area contributed by atoms with E-state index in [1.165, 1.54) is 11.6 Å². The number of thiophene rings is 1. The summed E-state index contributed by atoms with van der Waals surface area (Å²) in [4.78, 5) is 16.3. The lowest BCUT2D eigenvalue weighted by Gasteiger charge is -2.19. The van der Waals surface area contributed by atoms with Gasteiger partial charge in [0, 0.05) is 25.3 Å². The van der Waals surface area contributed by atoms with Crippen molar-refractivity contribution in [2.24, 2.45) is 0 Å². The van der Waals surface area contributed by atoms with Gasteiger partial charge in [0.25, 0.3) is 0 Å². The van der Waals surface area contributed by atoms with Crippen molar-refractivity contribution in [1.29, 1.82) is 0 Å². The smallest absolute Gasteiger partial charge is 0.165 e. The molecule has 0 aliphatic carbocycles. The molecule has 1 N–H and O–H groups in total. The molecular formula is C17H18FN5S. The summed E-state index contributed by atoms with van der Waals surface area (Å²) >= 11 is 1.64. The normalized spacial score (nSPS) is 17.6. The summed E-state index contributed by atoms with van der Waals surface area (Å²) in [5, 5.41) is 6.73. The maximum Gasteiger partial charge on any atom is 0.165 e. The van der Waals surface area contributed by atoms with Gasteiger partial charge in [-0.15, -0.1) is 11.3 Å². The summed E-state index contributed by atoms with van der Waals surface area (Å²) in [6, 6.07) is 3.28. The number of nitrogens with one attached hydrogen (secondary N) is 1. The van der Waals surface area contributed by atoms with Gasteiger partial charge in [0.1, 0.15) is 16.5 Å². The Balaban J connectivity index is 1.57. The van der Waals surface area contributed by atoms with Crippen molar-refractivity contribution in [2.75, 3.05) is 23.3 Å². The minimum absolute atomic E-state index is 0.211. The maximum absolute atomic E-state index is 13.9. The van der Waals surface area contributed by atoms with E-state index in [1.54, 1.807) is 23.6 Å². The Morgan fingerprint density at radius 1 is 1.33 bits per heavy atom. The van der Waals surface area contributed by atoms with Crippen molar-refractivity contribution in [2.45, 2.75) is 26.3 Å². The van der Waals surface area contributed by atoms with Gasteiger partial charge >= 0.3 is 0 Å². The van der Waals surface area contributed by atoms with Crippen LogP contribution in [0.25, 0.3) is 10.2 Å². The van der Waals surface area contributed by atoms with Crippen LogP contribution >= 0.6 is 11.3 Å². The van der Waals surface area contributed by atoms with E-state index in [4.69, 9.17) is 0 Å². The number of anilines is 2. The van der Waals surface area contributed by atoms with Crippen molar-refractivity contribution in [3.8, 4) is 0 Å². The number of halogens is 1. The second-order valence-electron chi connectivity index (χ2n) is 6.10. The van der Waals surface area contributed by atoms with Gasteiger partial charge in [-0.3, -0.25) is 0 Å². The van der Waals surface area contributed by atoms with Crippen LogP contribution in [0.15, 0.2) is 23.7 Å². The summed E-state index contributed by atoms with van der Waals surface area (Å²) in [5.74, 6) is 1.80. The lowest BCUT2D eigenvalue weighted by Crippen LogP contribution is -2.27. The average Bonchev–Trinajstić information content (AvgIpc) is 3.15. The zero-order valence-electron chi connectivity index (χ0n) is 13.6. The number of fused-ring (bicyclic) bond motifs is 1. The molecule has 0 aromatic carbocycles. The van der Waals surface area contributed by atoms with Crippen LogP contribution in [-0.2, 0) is 0 Å². The predicted molar refractivity (Wildman–Crippen MR) is 95.3 cm³/mol. The van der Waals surface area contributed by atoms with Crippen molar-refractivity contribution < 1.29 is 4.39 Å². The van der Waals surface area contributed by atoms with Crippen LogP contribution in [0.4, 0.5) is 16.0 Å². The molecule has 124 valence electrons. The minimum atomic E-state index is -0.271. The molecule has 0 spiro atoms. The zero-order valence-corrected chi connectivity index (χ0v) is 14.4. The first kappa shape index (κ1) is 15.3. The highest BCUT2D eigenvalue weighted by atomic mass is 32.1. The first-order chi connectivity index (χ1) is 11.6. The molecule has 5 nitrogen and oxygen atoms in total. The number of pyridine rings is 1. The molecule has 1 aliphatic rings. The number of hydrogen-bond donors (Lipinski definition) is 1. The molecule has 0 saturated carbocycles. The predicted octanol–water partition coefficient (Wildman–Crippen LogP) is 3.53. The standard InChI is InChI=1S/C17H18FN5S/c1-10-9-24-17-14(10)15(20-11(2)21-17)22-12-5-7-23(8-12)16-13(18)4-3-6-19-16/h3-4,6,9,12H,5,7-8H2,1-2H3,(H,20,21,22). The van der Waals surface area contributed by atoms with E-state index in [1.807, 2.05) is 11.8 Å². The Morgan fingerprint density at radius 2 is 2.21 bits per heavy atom. The summed E-state index contributed by atoms with van der Waals surface area (Å²) in [5.41, 5.74) is 1.18. The SMILES string of the molecule is Cc1nc(NC2CCN(c3ncccc3F)C2)c2c(C)csc2n1. The Morgan fingerprint density at radius 3 is 3.04 bits per heavy atom. The lowest BCUT2D eigenvalue weighted by molar-refractivity contribution is 0.615. The largest absolute Gasteiger partial charge is 0.365 e. The zero-order chi connectivity index (χ0) is 16.7. The first-order valence-corrected chi connectivity index (χ1v) is 8.84. The highest BCUT2D eigenvalue weighted by molar-refractivity contribution is 7.17. The minimum Gasteiger partial charge on any atom is -0.365 e. The Kier molecular flexibility index (Phi) is 3.80. The quantitative estimate of drug-likeness (QED) is 0.788. The van der Waals surface area contributed by atoms with Crippen LogP contribution in [0, 0.1) is 19.7 Å². The van der Waals surface area contributed by atoms with Gasteiger partial charge in [-0.2, -0.15) is 0 Å². The molecule has 0 amide bonds. The van der Waals surface area contributed by atoms with Crippen molar-refractivity contribution in [3.63, 3.8) is 0 Å². The Labute approximate surface area is 143 Å². The molecule has 1 saturated heterocycles. The third-order valence-corrected chi connectivity index (χ3v) is 5.29. The maximum atomic E-state index is 13.9. The van der Waals surface area contributed by atoms with Crippen molar-refractivity contribution in [1.82, 2.24) is 15.0 Å². The molecule has 7 heteroatoms. The molecule has 0 radical (unpaired) electrons. The summed E-state index contributed by atoms with van der Waals surface area (Å²) in [7, 11) is 0. The molecule has 3 aromatic rings. The van der Waals surface area contributed by atoms with E-state index in [2.05, 4.69) is 32.6 Å². The van der Waals surface area contributed by atoms with Gasteiger partial charge in [0.05, 0.1) is 5.39 Å². The highest BCUT2D eigenvalue weighted by Crippen LogP contribution is 2.31. The van der Waals surface area contributed by atoms with E-state index in [9.17, 15) is 4.39 Å². The molecular weight excluding hydrogens is 325 g/mol. The number of aromatic nitrogens is 3. The third-order valence-electron chi connectivity index (χ3n) is 4.30. The van der Waals surface area contributed by atoms with Crippen molar-refractivity contribution in [3.05, 3.63) is 40.9 Å². The average molecular weight is 343 g/mol. The van der Waals surface area contributed by atoms with Crippen LogP contribution in [-0.4, -0.2) is 34.1 Å². The topological polar surface area (TPSA) is 53.9 Å². The molecule has 1 aliphatic heterocycles. The van der Waals surface area contributed by atoms with Crippen LogP contribution in [0.3, 0.4) is 0 Å².